The summed E-state index contributed by atoms with van der Waals surface area (Å²) >= 11 is 6.94. The minimum Gasteiger partial charge on any atom is -0.465 e. The third kappa shape index (κ3) is 4.28. The Morgan fingerprint density at radius 3 is 2.56 bits per heavy atom. The second-order valence-corrected chi connectivity index (χ2v) is 7.57. The third-order valence-corrected chi connectivity index (χ3v) is 5.74. The summed E-state index contributed by atoms with van der Waals surface area (Å²) in [6.45, 7) is 0. The van der Waals surface area contributed by atoms with Crippen molar-refractivity contribution in [2.24, 2.45) is 0 Å². The van der Waals surface area contributed by atoms with Gasteiger partial charge < -0.3 is 20.1 Å². The van der Waals surface area contributed by atoms with Crippen LogP contribution in [0.5, 0.6) is 0 Å². The quantitative estimate of drug-likeness (QED) is 0.589. The van der Waals surface area contributed by atoms with Crippen LogP contribution in [0.2, 0.25) is 0 Å². The fourth-order valence-electron chi connectivity index (χ4n) is 3.08. The van der Waals surface area contributed by atoms with Gasteiger partial charge in [-0.15, -0.1) is 11.3 Å². The molecule has 27 heavy (non-hydrogen) atoms. The van der Waals surface area contributed by atoms with Crippen LogP contribution < -0.4 is 10.6 Å². The molecule has 0 atom stereocenters. The van der Waals surface area contributed by atoms with Gasteiger partial charge in [0.25, 0.3) is 0 Å². The number of ether oxygens (including phenoxy) is 2. The number of esters is 2. The van der Waals surface area contributed by atoms with Crippen molar-refractivity contribution in [1.82, 2.24) is 0 Å². The maximum atomic E-state index is 12.3. The van der Waals surface area contributed by atoms with E-state index in [0.717, 1.165) is 31.2 Å². The van der Waals surface area contributed by atoms with Gasteiger partial charge in [-0.3, -0.25) is 0 Å². The highest BCUT2D eigenvalue weighted by molar-refractivity contribution is 7.80. The summed E-state index contributed by atoms with van der Waals surface area (Å²) in [5.41, 5.74) is 2.71. The van der Waals surface area contributed by atoms with Crippen molar-refractivity contribution in [3.05, 3.63) is 45.8 Å². The zero-order valence-corrected chi connectivity index (χ0v) is 16.7. The molecule has 0 amide bonds. The number of carbonyl (C=O) groups is 2. The Balaban J connectivity index is 1.79. The van der Waals surface area contributed by atoms with Crippen molar-refractivity contribution in [3.63, 3.8) is 0 Å². The Labute approximate surface area is 166 Å². The standard InChI is InChI=1S/C19H20N2O4S2/c1-24-17(22)11-6-5-7-12(10-11)20-19(26)21-16-15(18(23)25-2)13-8-3-4-9-14(13)27-16/h5-7,10H,3-4,8-9H2,1-2H3,(H2,20,21,26). The molecule has 142 valence electrons. The number of thiocarbonyl (C=S) groups is 1. The molecule has 3 rings (SSSR count). The van der Waals surface area contributed by atoms with Crippen LogP contribution in [0.25, 0.3) is 0 Å². The number of methoxy groups -OCH3 is 2. The Morgan fingerprint density at radius 1 is 1.07 bits per heavy atom. The van der Waals surface area contributed by atoms with Crippen LogP contribution in [-0.2, 0) is 22.3 Å². The number of nitrogens with one attached hydrogen (secondary N) is 2. The summed E-state index contributed by atoms with van der Waals surface area (Å²) in [7, 11) is 2.72. The van der Waals surface area contributed by atoms with E-state index < -0.39 is 5.97 Å². The molecule has 0 spiro atoms. The summed E-state index contributed by atoms with van der Waals surface area (Å²) in [5, 5.41) is 7.18. The first kappa shape index (κ1) is 19.3. The second-order valence-electron chi connectivity index (χ2n) is 6.06. The highest BCUT2D eigenvalue weighted by Gasteiger charge is 2.26. The zero-order chi connectivity index (χ0) is 19.4. The number of hydrogen-bond donors (Lipinski definition) is 2. The van der Waals surface area contributed by atoms with Crippen LogP contribution in [0.3, 0.4) is 0 Å². The molecule has 1 aliphatic rings. The molecule has 6 nitrogen and oxygen atoms in total. The van der Waals surface area contributed by atoms with E-state index >= 15 is 0 Å². The topological polar surface area (TPSA) is 76.7 Å². The normalized spacial score (nSPS) is 12.7. The Kier molecular flexibility index (Phi) is 6.08. The van der Waals surface area contributed by atoms with Crippen molar-refractivity contribution in [1.29, 1.82) is 0 Å². The number of carbonyl (C=O) groups excluding carboxylic acids is 2. The first-order chi connectivity index (χ1) is 13.0. The molecule has 1 heterocycles. The molecule has 0 saturated carbocycles. The number of aryl methyl sites for hydroxylation is 1. The fourth-order valence-corrected chi connectivity index (χ4v) is 4.65. The van der Waals surface area contributed by atoms with Gasteiger partial charge in [-0.05, 0) is 61.7 Å². The van der Waals surface area contributed by atoms with E-state index in [0.29, 0.717) is 26.9 Å². The molecule has 0 bridgehead atoms. The molecule has 0 radical (unpaired) electrons. The molecule has 0 fully saturated rings. The van der Waals surface area contributed by atoms with Crippen LogP contribution in [0, 0.1) is 0 Å². The van der Waals surface area contributed by atoms with E-state index in [9.17, 15) is 9.59 Å². The minimum absolute atomic E-state index is 0.334. The number of fused-ring (bicyclic) bond motifs is 1. The van der Waals surface area contributed by atoms with E-state index in [2.05, 4.69) is 10.6 Å². The molecule has 0 aliphatic heterocycles. The van der Waals surface area contributed by atoms with E-state index in [4.69, 9.17) is 21.7 Å². The third-order valence-electron chi connectivity index (χ3n) is 4.33. The van der Waals surface area contributed by atoms with E-state index in [-0.39, 0.29) is 5.97 Å². The Bertz CT molecular complexity index is 892. The predicted octanol–water partition coefficient (Wildman–Crippen LogP) is 4.01. The minimum atomic E-state index is -0.420. The maximum absolute atomic E-state index is 12.3. The SMILES string of the molecule is COC(=O)c1cccc(NC(=S)Nc2sc3c(c2C(=O)OC)CCCC3)c1. The highest BCUT2D eigenvalue weighted by atomic mass is 32.1. The van der Waals surface area contributed by atoms with Gasteiger partial charge in [0.1, 0.15) is 5.00 Å². The largest absolute Gasteiger partial charge is 0.465 e. The number of anilines is 2. The monoisotopic (exact) mass is 404 g/mol. The van der Waals surface area contributed by atoms with E-state index in [1.807, 2.05) is 0 Å². The summed E-state index contributed by atoms with van der Waals surface area (Å²) in [5.74, 6) is -0.774. The van der Waals surface area contributed by atoms with Crippen molar-refractivity contribution in [2.45, 2.75) is 25.7 Å². The van der Waals surface area contributed by atoms with Gasteiger partial charge in [0.05, 0.1) is 25.3 Å². The van der Waals surface area contributed by atoms with Crippen LogP contribution in [-0.4, -0.2) is 31.3 Å². The van der Waals surface area contributed by atoms with Crippen LogP contribution >= 0.6 is 23.6 Å². The molecule has 8 heteroatoms. The molecule has 2 aromatic rings. The lowest BCUT2D eigenvalue weighted by atomic mass is 9.95. The molecule has 0 saturated heterocycles. The predicted molar refractivity (Wildman–Crippen MR) is 110 cm³/mol. The van der Waals surface area contributed by atoms with Gasteiger partial charge >= 0.3 is 11.9 Å². The number of rotatable bonds is 4. The summed E-state index contributed by atoms with van der Waals surface area (Å²) in [6.07, 6.45) is 4.03. The molecule has 0 unspecified atom stereocenters. The Morgan fingerprint density at radius 2 is 1.81 bits per heavy atom. The number of benzene rings is 1. The van der Waals surface area contributed by atoms with Gasteiger partial charge in [-0.2, -0.15) is 0 Å². The highest BCUT2D eigenvalue weighted by Crippen LogP contribution is 2.38. The second kappa shape index (κ2) is 8.49. The van der Waals surface area contributed by atoms with Gasteiger partial charge in [-0.25, -0.2) is 9.59 Å². The molecule has 1 aromatic carbocycles. The van der Waals surface area contributed by atoms with Gasteiger partial charge in [-0.1, -0.05) is 6.07 Å². The lowest BCUT2D eigenvalue weighted by Gasteiger charge is -2.13. The average molecular weight is 405 g/mol. The van der Waals surface area contributed by atoms with Crippen LogP contribution in [0.1, 0.15) is 44.0 Å². The van der Waals surface area contributed by atoms with Gasteiger partial charge in [0.2, 0.25) is 0 Å². The first-order valence-electron chi connectivity index (χ1n) is 8.52. The lowest BCUT2D eigenvalue weighted by Crippen LogP contribution is -2.20. The van der Waals surface area contributed by atoms with Crippen molar-refractivity contribution in [3.8, 4) is 0 Å². The van der Waals surface area contributed by atoms with E-state index in [1.165, 1.54) is 19.1 Å². The molecular formula is C19H20N2O4S2. The van der Waals surface area contributed by atoms with Crippen molar-refractivity contribution >= 4 is 51.3 Å². The maximum Gasteiger partial charge on any atom is 0.341 e. The molecular weight excluding hydrogens is 384 g/mol. The molecule has 2 N–H and O–H groups in total. The van der Waals surface area contributed by atoms with Gasteiger partial charge in [0.15, 0.2) is 5.11 Å². The first-order valence-corrected chi connectivity index (χ1v) is 9.75. The van der Waals surface area contributed by atoms with Gasteiger partial charge in [0, 0.05) is 10.6 Å². The van der Waals surface area contributed by atoms with E-state index in [1.54, 1.807) is 35.6 Å². The summed E-state index contributed by atoms with van der Waals surface area (Å²) < 4.78 is 9.70. The molecule has 1 aliphatic carbocycles. The van der Waals surface area contributed by atoms with Crippen LogP contribution in [0.15, 0.2) is 24.3 Å². The number of hydrogen-bond acceptors (Lipinski definition) is 6. The average Bonchev–Trinajstić information content (AvgIpc) is 3.04. The number of thiophene rings is 1. The van der Waals surface area contributed by atoms with Crippen LogP contribution in [0.4, 0.5) is 10.7 Å². The zero-order valence-electron chi connectivity index (χ0n) is 15.1. The summed E-state index contributed by atoms with van der Waals surface area (Å²) in [6, 6.07) is 6.85. The lowest BCUT2D eigenvalue weighted by molar-refractivity contribution is 0.0592. The Hall–Kier alpha value is -2.45. The fraction of sp³-hybridized carbons (Fsp3) is 0.316. The van der Waals surface area contributed by atoms with Crippen molar-refractivity contribution < 1.29 is 19.1 Å². The van der Waals surface area contributed by atoms with Crippen molar-refractivity contribution in [2.75, 3.05) is 24.9 Å². The molecule has 1 aromatic heterocycles. The summed E-state index contributed by atoms with van der Waals surface area (Å²) in [4.78, 5) is 25.2. The smallest absolute Gasteiger partial charge is 0.341 e.